The second kappa shape index (κ2) is 7.77. The van der Waals surface area contributed by atoms with E-state index in [2.05, 4.69) is 10.6 Å². The van der Waals surface area contributed by atoms with Gasteiger partial charge in [-0.1, -0.05) is 18.2 Å². The van der Waals surface area contributed by atoms with Gasteiger partial charge in [0.15, 0.2) is 11.5 Å². The molecule has 26 heavy (non-hydrogen) atoms. The number of hydrogen-bond donors (Lipinski definition) is 2. The highest BCUT2D eigenvalue weighted by Crippen LogP contribution is 2.32. The monoisotopic (exact) mass is 356 g/mol. The zero-order valence-corrected chi connectivity index (χ0v) is 14.6. The van der Waals surface area contributed by atoms with Crippen LogP contribution in [0.1, 0.15) is 19.4 Å². The first kappa shape index (κ1) is 17.6. The topological polar surface area (TPSA) is 85.9 Å². The van der Waals surface area contributed by atoms with Gasteiger partial charge in [-0.2, -0.15) is 0 Å². The van der Waals surface area contributed by atoms with E-state index in [4.69, 9.17) is 14.2 Å². The van der Waals surface area contributed by atoms with Crippen LogP contribution in [-0.2, 0) is 16.1 Å². The maximum Gasteiger partial charge on any atom is 0.313 e. The highest BCUT2D eigenvalue weighted by molar-refractivity contribution is 6.39. The number of anilines is 1. The smallest absolute Gasteiger partial charge is 0.313 e. The lowest BCUT2D eigenvalue weighted by atomic mass is 10.2. The van der Waals surface area contributed by atoms with E-state index in [1.165, 1.54) is 0 Å². The molecule has 1 heterocycles. The van der Waals surface area contributed by atoms with Crippen LogP contribution in [0.25, 0.3) is 0 Å². The summed E-state index contributed by atoms with van der Waals surface area (Å²) >= 11 is 0. The van der Waals surface area contributed by atoms with E-state index in [0.29, 0.717) is 22.9 Å². The van der Waals surface area contributed by atoms with Gasteiger partial charge in [-0.25, -0.2) is 0 Å². The van der Waals surface area contributed by atoms with Gasteiger partial charge < -0.3 is 24.8 Å². The second-order valence-corrected chi connectivity index (χ2v) is 5.99. The fraction of sp³-hybridized carbons (Fsp3) is 0.263. The van der Waals surface area contributed by atoms with E-state index in [1.807, 2.05) is 13.8 Å². The number of carbonyl (C=O) groups excluding carboxylic acids is 2. The number of ether oxygens (including phenoxy) is 3. The van der Waals surface area contributed by atoms with E-state index < -0.39 is 11.8 Å². The first-order valence-corrected chi connectivity index (χ1v) is 8.26. The molecule has 2 aromatic carbocycles. The predicted octanol–water partition coefficient (Wildman–Crippen LogP) is 2.46. The molecule has 3 rings (SSSR count). The first-order chi connectivity index (χ1) is 12.5. The number of benzene rings is 2. The second-order valence-electron chi connectivity index (χ2n) is 5.99. The Morgan fingerprint density at radius 1 is 1.08 bits per heavy atom. The predicted molar refractivity (Wildman–Crippen MR) is 95.2 cm³/mol. The Morgan fingerprint density at radius 3 is 2.65 bits per heavy atom. The molecule has 0 radical (unpaired) electrons. The summed E-state index contributed by atoms with van der Waals surface area (Å²) in [5.74, 6) is 0.313. The molecular formula is C19H20N2O5. The number of rotatable bonds is 5. The number of para-hydroxylation sites is 2. The van der Waals surface area contributed by atoms with Crippen LogP contribution in [0.3, 0.4) is 0 Å². The van der Waals surface area contributed by atoms with Gasteiger partial charge in [0.2, 0.25) is 6.79 Å². The summed E-state index contributed by atoms with van der Waals surface area (Å²) in [4.78, 5) is 24.2. The standard InChI is InChI=1S/C19H20N2O5/c1-12(2)26-15-6-4-3-5-14(15)21-19(23)18(22)20-10-13-7-8-16-17(9-13)25-11-24-16/h3-9,12H,10-11H2,1-2H3,(H,20,22)(H,21,23). The van der Waals surface area contributed by atoms with Crippen LogP contribution in [0, 0.1) is 0 Å². The fourth-order valence-electron chi connectivity index (χ4n) is 2.42. The van der Waals surface area contributed by atoms with Crippen LogP contribution in [0.5, 0.6) is 17.2 Å². The lowest BCUT2D eigenvalue weighted by molar-refractivity contribution is -0.136. The molecule has 2 amide bonds. The Morgan fingerprint density at radius 2 is 1.85 bits per heavy atom. The lowest BCUT2D eigenvalue weighted by Gasteiger charge is -2.14. The summed E-state index contributed by atoms with van der Waals surface area (Å²) in [6.45, 7) is 4.16. The molecular weight excluding hydrogens is 336 g/mol. The third-order valence-electron chi connectivity index (χ3n) is 3.59. The lowest BCUT2D eigenvalue weighted by Crippen LogP contribution is -2.35. The van der Waals surface area contributed by atoms with Crippen LogP contribution in [0.2, 0.25) is 0 Å². The largest absolute Gasteiger partial charge is 0.489 e. The van der Waals surface area contributed by atoms with Gasteiger partial charge in [0.25, 0.3) is 0 Å². The zero-order valence-electron chi connectivity index (χ0n) is 14.6. The van der Waals surface area contributed by atoms with Gasteiger partial charge in [0, 0.05) is 6.54 Å². The minimum Gasteiger partial charge on any atom is -0.489 e. The molecule has 0 aliphatic carbocycles. The van der Waals surface area contributed by atoms with Crippen molar-refractivity contribution in [1.82, 2.24) is 5.32 Å². The van der Waals surface area contributed by atoms with E-state index in [-0.39, 0.29) is 19.4 Å². The van der Waals surface area contributed by atoms with Crippen LogP contribution >= 0.6 is 0 Å². The van der Waals surface area contributed by atoms with Gasteiger partial charge in [-0.15, -0.1) is 0 Å². The zero-order chi connectivity index (χ0) is 18.5. The Kier molecular flexibility index (Phi) is 5.26. The first-order valence-electron chi connectivity index (χ1n) is 8.26. The number of amides is 2. The number of carbonyl (C=O) groups is 2. The molecule has 2 N–H and O–H groups in total. The maximum absolute atomic E-state index is 12.1. The van der Waals surface area contributed by atoms with Gasteiger partial charge in [-0.05, 0) is 43.7 Å². The molecule has 0 aromatic heterocycles. The highest BCUT2D eigenvalue weighted by Gasteiger charge is 2.17. The molecule has 1 aliphatic heterocycles. The van der Waals surface area contributed by atoms with Crippen molar-refractivity contribution in [3.63, 3.8) is 0 Å². The minimum absolute atomic E-state index is 0.0483. The normalized spacial score (nSPS) is 12.0. The summed E-state index contributed by atoms with van der Waals surface area (Å²) in [6, 6.07) is 12.3. The van der Waals surface area contributed by atoms with Crippen LogP contribution < -0.4 is 24.8 Å². The Labute approximate surface area is 151 Å². The molecule has 0 bridgehead atoms. The summed E-state index contributed by atoms with van der Waals surface area (Å²) in [7, 11) is 0. The SMILES string of the molecule is CC(C)Oc1ccccc1NC(=O)C(=O)NCc1ccc2c(c1)OCO2. The summed E-state index contributed by atoms with van der Waals surface area (Å²) in [5, 5.41) is 5.16. The van der Waals surface area contributed by atoms with Crippen LogP contribution in [0.4, 0.5) is 5.69 Å². The molecule has 1 aliphatic rings. The quantitative estimate of drug-likeness (QED) is 0.804. The van der Waals surface area contributed by atoms with Crippen LogP contribution in [-0.4, -0.2) is 24.7 Å². The maximum atomic E-state index is 12.1. The number of nitrogens with one attached hydrogen (secondary N) is 2. The van der Waals surface area contributed by atoms with Crippen molar-refractivity contribution in [2.45, 2.75) is 26.5 Å². The molecule has 136 valence electrons. The molecule has 0 fully saturated rings. The average molecular weight is 356 g/mol. The van der Waals surface area contributed by atoms with Crippen molar-refractivity contribution >= 4 is 17.5 Å². The van der Waals surface area contributed by atoms with E-state index >= 15 is 0 Å². The van der Waals surface area contributed by atoms with Crippen molar-refractivity contribution in [3.05, 3.63) is 48.0 Å². The molecule has 0 saturated carbocycles. The van der Waals surface area contributed by atoms with E-state index in [0.717, 1.165) is 5.56 Å². The van der Waals surface area contributed by atoms with Crippen LogP contribution in [0.15, 0.2) is 42.5 Å². The van der Waals surface area contributed by atoms with Gasteiger partial charge in [0.05, 0.1) is 11.8 Å². The molecule has 2 aromatic rings. The highest BCUT2D eigenvalue weighted by atomic mass is 16.7. The summed E-state index contributed by atoms with van der Waals surface area (Å²) in [5.41, 5.74) is 1.25. The van der Waals surface area contributed by atoms with Crippen molar-refractivity contribution in [3.8, 4) is 17.2 Å². The third kappa shape index (κ3) is 4.24. The molecule has 7 nitrogen and oxygen atoms in total. The molecule has 0 spiro atoms. The van der Waals surface area contributed by atoms with Crippen molar-refractivity contribution in [2.24, 2.45) is 0 Å². The fourth-order valence-corrected chi connectivity index (χ4v) is 2.42. The Balaban J connectivity index is 1.58. The van der Waals surface area contributed by atoms with Crippen molar-refractivity contribution in [2.75, 3.05) is 12.1 Å². The molecule has 7 heteroatoms. The summed E-state index contributed by atoms with van der Waals surface area (Å²) < 4.78 is 16.2. The van der Waals surface area contributed by atoms with E-state index in [1.54, 1.807) is 42.5 Å². The summed E-state index contributed by atoms with van der Waals surface area (Å²) in [6.07, 6.45) is -0.0483. The number of fused-ring (bicyclic) bond motifs is 1. The van der Waals surface area contributed by atoms with Gasteiger partial charge in [0.1, 0.15) is 5.75 Å². The minimum atomic E-state index is -0.759. The molecule has 0 unspecified atom stereocenters. The molecule has 0 atom stereocenters. The van der Waals surface area contributed by atoms with Crippen molar-refractivity contribution < 1.29 is 23.8 Å². The average Bonchev–Trinajstić information content (AvgIpc) is 3.08. The Hall–Kier alpha value is -3.22. The molecule has 0 saturated heterocycles. The number of hydrogen-bond acceptors (Lipinski definition) is 5. The van der Waals surface area contributed by atoms with Gasteiger partial charge >= 0.3 is 11.8 Å². The van der Waals surface area contributed by atoms with Crippen molar-refractivity contribution in [1.29, 1.82) is 0 Å². The van der Waals surface area contributed by atoms with E-state index in [9.17, 15) is 9.59 Å². The Bertz CT molecular complexity index is 819. The van der Waals surface area contributed by atoms with Gasteiger partial charge in [-0.3, -0.25) is 9.59 Å². The third-order valence-corrected chi connectivity index (χ3v) is 3.59.